The van der Waals surface area contributed by atoms with E-state index in [0.717, 1.165) is 32.4 Å². The maximum absolute atomic E-state index is 8.82. The maximum Gasteiger partial charge on any atom is 0.0931 e. The molecule has 2 aliphatic carbocycles. The zero-order chi connectivity index (χ0) is 16.2. The molecule has 0 heterocycles. The SMILES string of the molecule is OCNCCC1=C(/C=C\COC2CCCCCCC2)CCC=C1. The fourth-order valence-corrected chi connectivity index (χ4v) is 3.44. The first-order valence-corrected chi connectivity index (χ1v) is 9.38. The van der Waals surface area contributed by atoms with Crippen LogP contribution in [0.25, 0.3) is 0 Å². The second-order valence-corrected chi connectivity index (χ2v) is 6.60. The molecular weight excluding hydrogens is 286 g/mol. The van der Waals surface area contributed by atoms with Gasteiger partial charge in [0, 0.05) is 6.54 Å². The minimum absolute atomic E-state index is 0.0530. The number of ether oxygens (including phenoxy) is 1. The molecule has 2 aliphatic rings. The average molecular weight is 319 g/mol. The van der Waals surface area contributed by atoms with E-state index in [4.69, 9.17) is 9.84 Å². The Morgan fingerprint density at radius 3 is 2.74 bits per heavy atom. The lowest BCUT2D eigenvalue weighted by Crippen LogP contribution is -2.16. The van der Waals surface area contributed by atoms with Gasteiger partial charge in [-0.25, -0.2) is 0 Å². The van der Waals surface area contributed by atoms with Gasteiger partial charge in [-0.2, -0.15) is 0 Å². The van der Waals surface area contributed by atoms with Crippen LogP contribution in [0.4, 0.5) is 0 Å². The molecule has 23 heavy (non-hydrogen) atoms. The summed E-state index contributed by atoms with van der Waals surface area (Å²) in [7, 11) is 0. The van der Waals surface area contributed by atoms with E-state index in [9.17, 15) is 0 Å². The third kappa shape index (κ3) is 7.47. The Hall–Kier alpha value is -0.900. The maximum atomic E-state index is 8.82. The molecule has 3 nitrogen and oxygen atoms in total. The molecule has 0 radical (unpaired) electrons. The van der Waals surface area contributed by atoms with E-state index in [1.807, 2.05) is 0 Å². The molecule has 130 valence electrons. The Labute approximate surface area is 141 Å². The monoisotopic (exact) mass is 319 g/mol. The molecule has 0 atom stereocenters. The van der Waals surface area contributed by atoms with Crippen molar-refractivity contribution in [1.82, 2.24) is 5.32 Å². The van der Waals surface area contributed by atoms with Gasteiger partial charge in [-0.1, -0.05) is 56.4 Å². The highest BCUT2D eigenvalue weighted by molar-refractivity contribution is 5.36. The number of aliphatic hydroxyl groups is 1. The molecule has 3 heteroatoms. The van der Waals surface area contributed by atoms with Crippen LogP contribution < -0.4 is 5.32 Å². The van der Waals surface area contributed by atoms with Crippen molar-refractivity contribution >= 4 is 0 Å². The molecule has 2 N–H and O–H groups in total. The van der Waals surface area contributed by atoms with Crippen molar-refractivity contribution in [2.45, 2.75) is 70.3 Å². The summed E-state index contributed by atoms with van der Waals surface area (Å²) >= 11 is 0. The fourth-order valence-electron chi connectivity index (χ4n) is 3.44. The lowest BCUT2D eigenvalue weighted by atomic mass is 9.95. The summed E-state index contributed by atoms with van der Waals surface area (Å²) in [6.07, 6.45) is 21.9. The van der Waals surface area contributed by atoms with Crippen molar-refractivity contribution in [3.8, 4) is 0 Å². The van der Waals surface area contributed by atoms with Crippen LogP contribution >= 0.6 is 0 Å². The molecule has 0 bridgehead atoms. The van der Waals surface area contributed by atoms with E-state index in [1.54, 1.807) is 0 Å². The molecule has 1 fully saturated rings. The predicted molar refractivity (Wildman–Crippen MR) is 96.3 cm³/mol. The largest absolute Gasteiger partial charge is 0.381 e. The minimum Gasteiger partial charge on any atom is -0.381 e. The molecule has 0 amide bonds. The molecule has 0 unspecified atom stereocenters. The van der Waals surface area contributed by atoms with Gasteiger partial charge in [0.1, 0.15) is 0 Å². The lowest BCUT2D eigenvalue weighted by Gasteiger charge is -2.19. The highest BCUT2D eigenvalue weighted by Crippen LogP contribution is 2.23. The first-order valence-electron chi connectivity index (χ1n) is 9.38. The third-order valence-corrected chi connectivity index (χ3v) is 4.79. The highest BCUT2D eigenvalue weighted by atomic mass is 16.5. The van der Waals surface area contributed by atoms with Crippen LogP contribution in [0.5, 0.6) is 0 Å². The molecule has 0 spiro atoms. The van der Waals surface area contributed by atoms with Crippen molar-refractivity contribution in [1.29, 1.82) is 0 Å². The molecule has 1 saturated carbocycles. The van der Waals surface area contributed by atoms with Crippen LogP contribution in [-0.2, 0) is 4.74 Å². The summed E-state index contributed by atoms with van der Waals surface area (Å²) in [4.78, 5) is 0. The van der Waals surface area contributed by atoms with E-state index in [-0.39, 0.29) is 6.73 Å². The number of rotatable bonds is 8. The molecule has 2 rings (SSSR count). The van der Waals surface area contributed by atoms with Crippen LogP contribution in [0.2, 0.25) is 0 Å². The number of hydrogen-bond donors (Lipinski definition) is 2. The van der Waals surface area contributed by atoms with Crippen molar-refractivity contribution < 1.29 is 9.84 Å². The van der Waals surface area contributed by atoms with E-state index < -0.39 is 0 Å². The van der Waals surface area contributed by atoms with Crippen LogP contribution in [-0.4, -0.2) is 31.1 Å². The van der Waals surface area contributed by atoms with Crippen LogP contribution in [0.3, 0.4) is 0 Å². The molecular formula is C20H33NO2. The Morgan fingerprint density at radius 2 is 1.96 bits per heavy atom. The average Bonchev–Trinajstić information content (AvgIpc) is 2.54. The second kappa shape index (κ2) is 11.6. The van der Waals surface area contributed by atoms with Gasteiger partial charge in [0.25, 0.3) is 0 Å². The number of aliphatic hydroxyl groups excluding tert-OH is 1. The van der Waals surface area contributed by atoms with Crippen molar-refractivity contribution in [2.75, 3.05) is 19.9 Å². The van der Waals surface area contributed by atoms with Gasteiger partial charge in [-0.05, 0) is 43.3 Å². The first-order chi connectivity index (χ1) is 11.4. The van der Waals surface area contributed by atoms with Crippen LogP contribution in [0.1, 0.15) is 64.2 Å². The van der Waals surface area contributed by atoms with Crippen LogP contribution in [0, 0.1) is 0 Å². The van der Waals surface area contributed by atoms with E-state index in [0.29, 0.717) is 6.10 Å². The van der Waals surface area contributed by atoms with E-state index in [1.165, 1.54) is 56.1 Å². The number of nitrogens with one attached hydrogen (secondary N) is 1. The smallest absolute Gasteiger partial charge is 0.0931 e. The summed E-state index contributed by atoms with van der Waals surface area (Å²) in [5, 5.41) is 11.8. The fraction of sp³-hybridized carbons (Fsp3) is 0.700. The normalized spacial score (nSPS) is 20.9. The van der Waals surface area contributed by atoms with Crippen molar-refractivity contribution in [3.63, 3.8) is 0 Å². The summed E-state index contributed by atoms with van der Waals surface area (Å²) in [5.74, 6) is 0. The summed E-state index contributed by atoms with van der Waals surface area (Å²) in [6, 6.07) is 0. The Balaban J connectivity index is 1.76. The molecule has 0 aromatic carbocycles. The van der Waals surface area contributed by atoms with Gasteiger partial charge in [0.05, 0.1) is 19.4 Å². The predicted octanol–water partition coefficient (Wildman–Crippen LogP) is 4.25. The molecule has 0 aliphatic heterocycles. The summed E-state index contributed by atoms with van der Waals surface area (Å²) < 4.78 is 6.07. The van der Waals surface area contributed by atoms with E-state index >= 15 is 0 Å². The Bertz CT molecular complexity index is 404. The van der Waals surface area contributed by atoms with Gasteiger partial charge >= 0.3 is 0 Å². The zero-order valence-corrected chi connectivity index (χ0v) is 14.4. The summed E-state index contributed by atoms with van der Waals surface area (Å²) in [5.41, 5.74) is 2.81. The Kier molecular flexibility index (Phi) is 9.31. The van der Waals surface area contributed by atoms with Crippen molar-refractivity contribution in [3.05, 3.63) is 35.5 Å². The van der Waals surface area contributed by atoms with Gasteiger partial charge in [0.15, 0.2) is 0 Å². The highest BCUT2D eigenvalue weighted by Gasteiger charge is 2.11. The standard InChI is InChI=1S/C20H33NO2/c22-17-21-15-14-19-10-7-6-9-18(19)11-8-16-23-20-12-4-2-1-3-5-13-20/h7-8,10-11,20-22H,1-6,9,12-17H2/b11-8-. The van der Waals surface area contributed by atoms with Gasteiger partial charge < -0.3 is 9.84 Å². The first kappa shape index (κ1) is 18.4. The quantitative estimate of drug-likeness (QED) is 0.519. The van der Waals surface area contributed by atoms with Gasteiger partial charge in [0.2, 0.25) is 0 Å². The molecule has 0 aromatic heterocycles. The molecule has 0 aromatic rings. The second-order valence-electron chi connectivity index (χ2n) is 6.60. The summed E-state index contributed by atoms with van der Waals surface area (Å²) in [6.45, 7) is 1.61. The van der Waals surface area contributed by atoms with Crippen LogP contribution in [0.15, 0.2) is 35.5 Å². The minimum atomic E-state index is 0.0530. The number of allylic oxidation sites excluding steroid dienone is 4. The molecule has 0 saturated heterocycles. The third-order valence-electron chi connectivity index (χ3n) is 4.79. The van der Waals surface area contributed by atoms with E-state index in [2.05, 4.69) is 29.6 Å². The Morgan fingerprint density at radius 1 is 1.17 bits per heavy atom. The van der Waals surface area contributed by atoms with Gasteiger partial charge in [-0.15, -0.1) is 0 Å². The van der Waals surface area contributed by atoms with Gasteiger partial charge in [-0.3, -0.25) is 5.32 Å². The topological polar surface area (TPSA) is 41.5 Å². The lowest BCUT2D eigenvalue weighted by molar-refractivity contribution is 0.0543. The number of hydrogen-bond acceptors (Lipinski definition) is 3. The van der Waals surface area contributed by atoms with Crippen molar-refractivity contribution in [2.24, 2.45) is 0 Å². The zero-order valence-electron chi connectivity index (χ0n) is 14.4.